The van der Waals surface area contributed by atoms with Gasteiger partial charge in [0.1, 0.15) is 0 Å². The summed E-state index contributed by atoms with van der Waals surface area (Å²) in [4.78, 5) is 14.4. The van der Waals surface area contributed by atoms with Crippen molar-refractivity contribution in [2.24, 2.45) is 5.92 Å². The summed E-state index contributed by atoms with van der Waals surface area (Å²) in [6.45, 7) is 6.74. The van der Waals surface area contributed by atoms with Crippen molar-refractivity contribution < 1.29 is 4.79 Å². The molecule has 1 aromatic rings. The summed E-state index contributed by atoms with van der Waals surface area (Å²) in [5.74, 6) is 0.951. The van der Waals surface area contributed by atoms with E-state index >= 15 is 0 Å². The summed E-state index contributed by atoms with van der Waals surface area (Å²) < 4.78 is 0. The minimum absolute atomic E-state index is 0.117. The van der Waals surface area contributed by atoms with Gasteiger partial charge in [-0.2, -0.15) is 5.26 Å². The molecule has 1 saturated heterocycles. The average Bonchev–Trinajstić information content (AvgIpc) is 2.60. The second kappa shape index (κ2) is 10.1. The largest absolute Gasteiger partial charge is 0.356 e. The molecule has 0 bridgehead atoms. The maximum atomic E-state index is 11.9. The lowest BCUT2D eigenvalue weighted by atomic mass is 10.0. The number of piperidine rings is 1. The van der Waals surface area contributed by atoms with Crippen LogP contribution in [0.25, 0.3) is 0 Å². The van der Waals surface area contributed by atoms with Gasteiger partial charge in [-0.15, -0.1) is 0 Å². The number of hydrogen-bond donors (Lipinski definition) is 1. The number of amides is 1. The molecule has 24 heavy (non-hydrogen) atoms. The molecule has 1 atom stereocenters. The van der Waals surface area contributed by atoms with Crippen LogP contribution in [0.2, 0.25) is 0 Å². The zero-order chi connectivity index (χ0) is 17.2. The third kappa shape index (κ3) is 6.72. The van der Waals surface area contributed by atoms with E-state index in [1.807, 2.05) is 12.1 Å². The maximum absolute atomic E-state index is 11.9. The van der Waals surface area contributed by atoms with E-state index in [9.17, 15) is 4.79 Å². The molecule has 0 spiro atoms. The minimum Gasteiger partial charge on any atom is -0.356 e. The first-order valence-corrected chi connectivity index (χ1v) is 9.15. The molecule has 1 N–H and O–H groups in total. The number of likely N-dealkylation sites (tertiary alicyclic amines) is 1. The van der Waals surface area contributed by atoms with Gasteiger partial charge >= 0.3 is 0 Å². The van der Waals surface area contributed by atoms with Crippen LogP contribution in [0.1, 0.15) is 50.2 Å². The van der Waals surface area contributed by atoms with Crippen LogP contribution in [0.3, 0.4) is 0 Å². The fourth-order valence-electron chi connectivity index (χ4n) is 3.27. The van der Waals surface area contributed by atoms with E-state index < -0.39 is 0 Å². The Morgan fingerprint density at radius 3 is 2.83 bits per heavy atom. The number of aryl methyl sites for hydroxylation is 1. The van der Waals surface area contributed by atoms with Crippen molar-refractivity contribution in [3.8, 4) is 6.07 Å². The number of rotatable bonds is 8. The third-order valence-corrected chi connectivity index (χ3v) is 4.69. The Bertz CT molecular complexity index is 547. The summed E-state index contributed by atoms with van der Waals surface area (Å²) in [5.41, 5.74) is 1.76. The Kier molecular flexibility index (Phi) is 7.77. The molecular weight excluding hydrogens is 298 g/mol. The molecule has 1 aliphatic heterocycles. The SMILES string of the molecule is CC1CCCN(CCCCNC(=O)CCc2ccc(C#N)cc2)C1. The number of carbonyl (C=O) groups excluding carboxylic acids is 1. The number of nitriles is 1. The van der Waals surface area contributed by atoms with Crippen molar-refractivity contribution in [2.75, 3.05) is 26.2 Å². The lowest BCUT2D eigenvalue weighted by molar-refractivity contribution is -0.121. The number of carbonyl (C=O) groups is 1. The first-order valence-electron chi connectivity index (χ1n) is 9.15. The van der Waals surface area contributed by atoms with Gasteiger partial charge in [0.05, 0.1) is 11.6 Å². The molecule has 0 radical (unpaired) electrons. The number of unbranched alkanes of at least 4 members (excludes halogenated alkanes) is 1. The van der Waals surface area contributed by atoms with Crippen LogP contribution in [0, 0.1) is 17.2 Å². The average molecular weight is 327 g/mol. The fraction of sp³-hybridized carbons (Fsp3) is 0.600. The third-order valence-electron chi connectivity index (χ3n) is 4.69. The van der Waals surface area contributed by atoms with Crippen molar-refractivity contribution in [1.82, 2.24) is 10.2 Å². The van der Waals surface area contributed by atoms with E-state index in [1.165, 1.54) is 25.9 Å². The Morgan fingerprint density at radius 1 is 1.33 bits per heavy atom. The van der Waals surface area contributed by atoms with Crippen molar-refractivity contribution >= 4 is 5.91 Å². The van der Waals surface area contributed by atoms with Crippen LogP contribution in [0.15, 0.2) is 24.3 Å². The topological polar surface area (TPSA) is 56.1 Å². The van der Waals surface area contributed by atoms with Crippen LogP contribution in [0.5, 0.6) is 0 Å². The lowest BCUT2D eigenvalue weighted by Gasteiger charge is -2.30. The number of nitrogens with one attached hydrogen (secondary N) is 1. The fourth-order valence-corrected chi connectivity index (χ4v) is 3.27. The van der Waals surface area contributed by atoms with Crippen molar-refractivity contribution in [2.45, 2.75) is 45.4 Å². The normalized spacial score (nSPS) is 18.1. The zero-order valence-corrected chi connectivity index (χ0v) is 14.8. The van der Waals surface area contributed by atoms with Crippen LogP contribution >= 0.6 is 0 Å². The van der Waals surface area contributed by atoms with Gasteiger partial charge in [0.15, 0.2) is 0 Å². The van der Waals surface area contributed by atoms with Crippen LogP contribution in [-0.4, -0.2) is 37.0 Å². The van der Waals surface area contributed by atoms with E-state index in [1.54, 1.807) is 12.1 Å². The highest BCUT2D eigenvalue weighted by Crippen LogP contribution is 2.15. The standard InChI is InChI=1S/C20H29N3O/c1-17-5-4-14-23(16-17)13-3-2-12-22-20(24)11-10-18-6-8-19(15-21)9-7-18/h6-9,17H,2-5,10-14,16H2,1H3,(H,22,24). The molecule has 0 saturated carbocycles. The maximum Gasteiger partial charge on any atom is 0.220 e. The number of hydrogen-bond acceptors (Lipinski definition) is 3. The Labute approximate surface area is 145 Å². The molecule has 1 amide bonds. The monoisotopic (exact) mass is 327 g/mol. The van der Waals surface area contributed by atoms with Gasteiger partial charge < -0.3 is 10.2 Å². The van der Waals surface area contributed by atoms with Gasteiger partial charge in [-0.3, -0.25) is 4.79 Å². The van der Waals surface area contributed by atoms with E-state index in [4.69, 9.17) is 5.26 Å². The van der Waals surface area contributed by atoms with Crippen LogP contribution < -0.4 is 5.32 Å². The first kappa shape index (κ1) is 18.5. The van der Waals surface area contributed by atoms with Gasteiger partial charge in [-0.25, -0.2) is 0 Å². The van der Waals surface area contributed by atoms with Gasteiger partial charge in [0, 0.05) is 19.5 Å². The smallest absolute Gasteiger partial charge is 0.220 e. The quantitative estimate of drug-likeness (QED) is 0.746. The molecule has 1 aromatic carbocycles. The first-order chi connectivity index (χ1) is 11.7. The molecule has 1 fully saturated rings. The molecular formula is C20H29N3O. The molecule has 1 aliphatic rings. The molecule has 1 heterocycles. The molecule has 2 rings (SSSR count). The molecule has 130 valence electrons. The van der Waals surface area contributed by atoms with Gasteiger partial charge in [0.2, 0.25) is 5.91 Å². The van der Waals surface area contributed by atoms with Gasteiger partial charge in [0.25, 0.3) is 0 Å². The van der Waals surface area contributed by atoms with E-state index in [2.05, 4.69) is 23.2 Å². The Hall–Kier alpha value is -1.86. The zero-order valence-electron chi connectivity index (χ0n) is 14.8. The Morgan fingerprint density at radius 2 is 2.12 bits per heavy atom. The summed E-state index contributed by atoms with van der Waals surface area (Å²) in [5, 5.41) is 11.8. The highest BCUT2D eigenvalue weighted by atomic mass is 16.1. The van der Waals surface area contributed by atoms with E-state index in [0.29, 0.717) is 12.0 Å². The summed E-state index contributed by atoms with van der Waals surface area (Å²) in [7, 11) is 0. The molecule has 4 nitrogen and oxygen atoms in total. The van der Waals surface area contributed by atoms with E-state index in [-0.39, 0.29) is 5.91 Å². The van der Waals surface area contributed by atoms with Crippen LogP contribution in [-0.2, 0) is 11.2 Å². The second-order valence-electron chi connectivity index (χ2n) is 6.91. The minimum atomic E-state index is 0.117. The van der Waals surface area contributed by atoms with Gasteiger partial charge in [-0.05, 0) is 68.8 Å². The highest BCUT2D eigenvalue weighted by molar-refractivity contribution is 5.76. The van der Waals surface area contributed by atoms with E-state index in [0.717, 1.165) is 43.8 Å². The molecule has 1 unspecified atom stereocenters. The summed E-state index contributed by atoms with van der Waals surface area (Å²) in [6.07, 6.45) is 6.13. The van der Waals surface area contributed by atoms with Crippen molar-refractivity contribution in [3.05, 3.63) is 35.4 Å². The van der Waals surface area contributed by atoms with Gasteiger partial charge in [-0.1, -0.05) is 19.1 Å². The van der Waals surface area contributed by atoms with Crippen molar-refractivity contribution in [3.63, 3.8) is 0 Å². The van der Waals surface area contributed by atoms with Crippen molar-refractivity contribution in [1.29, 1.82) is 5.26 Å². The molecule has 0 aromatic heterocycles. The lowest BCUT2D eigenvalue weighted by Crippen LogP contribution is -2.35. The summed E-state index contributed by atoms with van der Waals surface area (Å²) in [6, 6.07) is 9.55. The molecule has 4 heteroatoms. The number of benzene rings is 1. The number of nitrogens with zero attached hydrogens (tertiary/aromatic N) is 2. The highest BCUT2D eigenvalue weighted by Gasteiger charge is 2.15. The second-order valence-corrected chi connectivity index (χ2v) is 6.91. The van der Waals surface area contributed by atoms with Crippen LogP contribution in [0.4, 0.5) is 0 Å². The Balaban J connectivity index is 1.52. The predicted molar refractivity (Wildman–Crippen MR) is 96.6 cm³/mol. The molecule has 0 aliphatic carbocycles. The summed E-state index contributed by atoms with van der Waals surface area (Å²) >= 11 is 0. The predicted octanol–water partition coefficient (Wildman–Crippen LogP) is 3.12.